The lowest BCUT2D eigenvalue weighted by atomic mass is 10.1. The predicted octanol–water partition coefficient (Wildman–Crippen LogP) is 1.98. The maximum Gasteiger partial charge on any atom is 0.224 e. The second kappa shape index (κ2) is 9.90. The van der Waals surface area contributed by atoms with Gasteiger partial charge in [-0.1, -0.05) is 25.0 Å². The summed E-state index contributed by atoms with van der Waals surface area (Å²) >= 11 is 0. The maximum atomic E-state index is 13.1. The largest absolute Gasteiger partial charge is 0.357 e. The first-order valence-corrected chi connectivity index (χ1v) is 8.73. The minimum absolute atomic E-state index is 0.121. The third-order valence-electron chi connectivity index (χ3n) is 4.00. The average molecular weight is 334 g/mol. The van der Waals surface area contributed by atoms with Crippen molar-refractivity contribution in [3.63, 3.8) is 0 Å². The molecule has 1 saturated carbocycles. The molecule has 0 radical (unpaired) electrons. The Balaban J connectivity index is 1.71. The first-order chi connectivity index (χ1) is 11.7. The molecule has 132 valence electrons. The molecule has 2 rings (SSSR count). The van der Waals surface area contributed by atoms with Crippen LogP contribution in [0.3, 0.4) is 0 Å². The summed E-state index contributed by atoms with van der Waals surface area (Å²) in [7, 11) is 0. The van der Waals surface area contributed by atoms with Crippen LogP contribution in [0, 0.1) is 5.82 Å². The highest BCUT2D eigenvalue weighted by Crippen LogP contribution is 2.17. The molecule has 1 aliphatic carbocycles. The number of nitrogens with zero attached hydrogens (tertiary/aromatic N) is 1. The van der Waals surface area contributed by atoms with Crippen LogP contribution in [0.2, 0.25) is 0 Å². The number of carbonyl (C=O) groups excluding carboxylic acids is 1. The van der Waals surface area contributed by atoms with Crippen molar-refractivity contribution in [3.05, 3.63) is 35.6 Å². The summed E-state index contributed by atoms with van der Waals surface area (Å²) in [4.78, 5) is 16.3. The lowest BCUT2D eigenvalue weighted by Gasteiger charge is -2.16. The van der Waals surface area contributed by atoms with Gasteiger partial charge in [0.15, 0.2) is 5.96 Å². The van der Waals surface area contributed by atoms with Crippen molar-refractivity contribution in [2.45, 2.75) is 45.1 Å². The van der Waals surface area contributed by atoms with Crippen molar-refractivity contribution in [2.24, 2.45) is 4.99 Å². The van der Waals surface area contributed by atoms with Crippen LogP contribution in [0.1, 0.15) is 38.2 Å². The summed E-state index contributed by atoms with van der Waals surface area (Å²) in [5.41, 5.74) is 0.673. The van der Waals surface area contributed by atoms with Crippen molar-refractivity contribution < 1.29 is 9.18 Å². The van der Waals surface area contributed by atoms with E-state index < -0.39 is 0 Å². The predicted molar refractivity (Wildman–Crippen MR) is 94.5 cm³/mol. The van der Waals surface area contributed by atoms with Gasteiger partial charge in [-0.25, -0.2) is 4.39 Å². The number of hydrogen-bond donors (Lipinski definition) is 3. The molecule has 1 aromatic carbocycles. The van der Waals surface area contributed by atoms with Gasteiger partial charge in [0, 0.05) is 19.1 Å². The van der Waals surface area contributed by atoms with Gasteiger partial charge >= 0.3 is 0 Å². The molecule has 24 heavy (non-hydrogen) atoms. The van der Waals surface area contributed by atoms with Crippen LogP contribution in [0.15, 0.2) is 29.3 Å². The number of nitrogens with one attached hydrogen (secondary N) is 3. The molecule has 6 heteroatoms. The van der Waals surface area contributed by atoms with E-state index in [1.807, 2.05) is 6.92 Å². The van der Waals surface area contributed by atoms with Crippen molar-refractivity contribution in [2.75, 3.05) is 19.6 Å². The number of guanidine groups is 1. The van der Waals surface area contributed by atoms with Gasteiger partial charge in [-0.15, -0.1) is 0 Å². The second-order valence-electron chi connectivity index (χ2n) is 6.04. The fraction of sp³-hybridized carbons (Fsp3) is 0.556. The molecule has 5 nitrogen and oxygen atoms in total. The van der Waals surface area contributed by atoms with Gasteiger partial charge in [0.2, 0.25) is 5.91 Å². The summed E-state index contributed by atoms with van der Waals surface area (Å²) in [6.07, 6.45) is 5.10. The van der Waals surface area contributed by atoms with Crippen LogP contribution in [0.5, 0.6) is 0 Å². The number of amides is 1. The fourth-order valence-electron chi connectivity index (χ4n) is 2.84. The molecule has 1 aromatic rings. The van der Waals surface area contributed by atoms with Crippen LogP contribution in [0.25, 0.3) is 0 Å². The fourth-order valence-corrected chi connectivity index (χ4v) is 2.84. The third kappa shape index (κ3) is 6.56. The highest BCUT2D eigenvalue weighted by molar-refractivity contribution is 5.80. The highest BCUT2D eigenvalue weighted by atomic mass is 19.1. The maximum absolute atomic E-state index is 13.1. The van der Waals surface area contributed by atoms with Crippen LogP contribution >= 0.6 is 0 Å². The molecule has 1 amide bonds. The number of carbonyl (C=O) groups is 1. The van der Waals surface area contributed by atoms with E-state index in [0.717, 1.165) is 12.5 Å². The second-order valence-corrected chi connectivity index (χ2v) is 6.04. The molecule has 1 aliphatic rings. The molecule has 0 saturated heterocycles. The molecule has 0 spiro atoms. The van der Waals surface area contributed by atoms with E-state index in [9.17, 15) is 9.18 Å². The van der Waals surface area contributed by atoms with E-state index >= 15 is 0 Å². The first kappa shape index (κ1) is 18.2. The minimum Gasteiger partial charge on any atom is -0.357 e. The Hall–Kier alpha value is -2.11. The molecular weight excluding hydrogens is 307 g/mol. The number of rotatable bonds is 7. The molecule has 3 N–H and O–H groups in total. The normalized spacial score (nSPS) is 15.3. The monoisotopic (exact) mass is 334 g/mol. The molecule has 0 atom stereocenters. The van der Waals surface area contributed by atoms with Crippen molar-refractivity contribution in [1.82, 2.24) is 16.0 Å². The highest BCUT2D eigenvalue weighted by Gasteiger charge is 2.15. The van der Waals surface area contributed by atoms with E-state index in [4.69, 9.17) is 0 Å². The average Bonchev–Trinajstić information content (AvgIpc) is 3.04. The van der Waals surface area contributed by atoms with Crippen LogP contribution in [-0.2, 0) is 11.2 Å². The standard InChI is InChI=1S/C18H27FN4O/c1-2-20-18(23-16-8-3-4-9-16)22-11-10-21-17(24)13-14-6-5-7-15(19)12-14/h5-7,12,16H,2-4,8-11,13H2,1H3,(H,21,24)(H2,20,22,23). The van der Waals surface area contributed by atoms with Crippen molar-refractivity contribution >= 4 is 11.9 Å². The first-order valence-electron chi connectivity index (χ1n) is 8.73. The Kier molecular flexibility index (Phi) is 7.52. The summed E-state index contributed by atoms with van der Waals surface area (Å²) in [6, 6.07) is 6.61. The topological polar surface area (TPSA) is 65.5 Å². The van der Waals surface area contributed by atoms with E-state index in [1.54, 1.807) is 12.1 Å². The van der Waals surface area contributed by atoms with Gasteiger partial charge in [0.1, 0.15) is 5.82 Å². The lowest BCUT2D eigenvalue weighted by Crippen LogP contribution is -2.42. The molecular formula is C18H27FN4O. The van der Waals surface area contributed by atoms with Crippen LogP contribution < -0.4 is 16.0 Å². The van der Waals surface area contributed by atoms with Crippen molar-refractivity contribution in [1.29, 1.82) is 0 Å². The number of hydrogen-bond acceptors (Lipinski definition) is 2. The Morgan fingerprint density at radius 1 is 1.29 bits per heavy atom. The molecule has 0 unspecified atom stereocenters. The summed E-state index contributed by atoms with van der Waals surface area (Å²) < 4.78 is 13.1. The van der Waals surface area contributed by atoms with Gasteiger partial charge in [-0.3, -0.25) is 9.79 Å². The van der Waals surface area contributed by atoms with Crippen molar-refractivity contribution in [3.8, 4) is 0 Å². The molecule has 0 heterocycles. The molecule has 1 fully saturated rings. The van der Waals surface area contributed by atoms with Gasteiger partial charge < -0.3 is 16.0 Å². The van der Waals surface area contributed by atoms with Gasteiger partial charge in [0.05, 0.1) is 13.0 Å². The van der Waals surface area contributed by atoms with Gasteiger partial charge in [-0.2, -0.15) is 0 Å². The molecule has 0 aliphatic heterocycles. The minimum atomic E-state index is -0.321. The SMILES string of the molecule is CCNC(=NCCNC(=O)Cc1cccc(F)c1)NC1CCCC1. The Labute approximate surface area is 143 Å². The molecule has 0 bridgehead atoms. The zero-order valence-corrected chi connectivity index (χ0v) is 14.3. The lowest BCUT2D eigenvalue weighted by molar-refractivity contribution is -0.120. The zero-order valence-electron chi connectivity index (χ0n) is 14.3. The van der Waals surface area contributed by atoms with Gasteiger partial charge in [-0.05, 0) is 37.5 Å². The third-order valence-corrected chi connectivity index (χ3v) is 4.00. The van der Waals surface area contributed by atoms with E-state index in [1.165, 1.54) is 37.8 Å². The Morgan fingerprint density at radius 3 is 2.79 bits per heavy atom. The summed E-state index contributed by atoms with van der Waals surface area (Å²) in [6.45, 7) is 3.82. The summed E-state index contributed by atoms with van der Waals surface area (Å²) in [5, 5.41) is 9.48. The Morgan fingerprint density at radius 2 is 2.08 bits per heavy atom. The number of aliphatic imine (C=N–C) groups is 1. The number of benzene rings is 1. The van der Waals surface area contributed by atoms with Crippen LogP contribution in [0.4, 0.5) is 4.39 Å². The Bertz CT molecular complexity index is 556. The van der Waals surface area contributed by atoms with E-state index in [-0.39, 0.29) is 18.1 Å². The smallest absolute Gasteiger partial charge is 0.224 e. The zero-order chi connectivity index (χ0) is 17.2. The van der Waals surface area contributed by atoms with Crippen LogP contribution in [-0.4, -0.2) is 37.5 Å². The van der Waals surface area contributed by atoms with E-state index in [2.05, 4.69) is 20.9 Å². The quantitative estimate of drug-likeness (QED) is 0.406. The summed E-state index contributed by atoms with van der Waals surface area (Å²) in [5.74, 6) is 0.367. The molecule has 0 aromatic heterocycles. The van der Waals surface area contributed by atoms with Gasteiger partial charge in [0.25, 0.3) is 0 Å². The number of halogens is 1. The van der Waals surface area contributed by atoms with E-state index in [0.29, 0.717) is 24.7 Å².